The summed E-state index contributed by atoms with van der Waals surface area (Å²) in [6.45, 7) is 8.40. The Hall–Kier alpha value is -2.74. The van der Waals surface area contributed by atoms with Gasteiger partial charge >= 0.3 is 5.97 Å². The van der Waals surface area contributed by atoms with Crippen molar-refractivity contribution in [1.82, 2.24) is 24.5 Å². The minimum Gasteiger partial charge on any atom is -0.357 e. The van der Waals surface area contributed by atoms with Gasteiger partial charge in [-0.05, 0) is 26.3 Å². The van der Waals surface area contributed by atoms with Crippen molar-refractivity contribution >= 4 is 17.0 Å². The lowest BCUT2D eigenvalue weighted by Gasteiger charge is -2.11. The third-order valence-corrected chi connectivity index (χ3v) is 4.42. The lowest BCUT2D eigenvalue weighted by atomic mass is 10.1. The van der Waals surface area contributed by atoms with Crippen LogP contribution in [0, 0.1) is 5.92 Å². The minimum absolute atomic E-state index is 0.160. The van der Waals surface area contributed by atoms with E-state index < -0.39 is 0 Å². The van der Waals surface area contributed by atoms with Gasteiger partial charge in [-0.3, -0.25) is 0 Å². The van der Waals surface area contributed by atoms with E-state index >= 15 is 0 Å². The maximum absolute atomic E-state index is 12.2. The Bertz CT molecular complexity index is 917. The summed E-state index contributed by atoms with van der Waals surface area (Å²) in [7, 11) is 0. The second-order valence-electron chi connectivity index (χ2n) is 6.46. The van der Waals surface area contributed by atoms with Gasteiger partial charge in [0.25, 0.3) is 0 Å². The molecule has 144 valence electrons. The van der Waals surface area contributed by atoms with Crippen molar-refractivity contribution in [1.29, 1.82) is 0 Å². The van der Waals surface area contributed by atoms with E-state index in [0.29, 0.717) is 12.3 Å². The summed E-state index contributed by atoms with van der Waals surface area (Å²) < 4.78 is 8.71. The van der Waals surface area contributed by atoms with Gasteiger partial charge in [0.15, 0.2) is 5.65 Å². The van der Waals surface area contributed by atoms with E-state index in [1.165, 1.54) is 11.1 Å². The first-order valence-electron chi connectivity index (χ1n) is 9.25. The number of carbonyl (C=O) groups is 1. The van der Waals surface area contributed by atoms with Crippen molar-refractivity contribution in [3.8, 4) is 11.3 Å². The Balaban J connectivity index is 1.89. The molecule has 8 heteroatoms. The zero-order chi connectivity index (χ0) is 19.4. The molecule has 2 atom stereocenters. The van der Waals surface area contributed by atoms with E-state index in [2.05, 4.69) is 15.1 Å². The molecule has 3 heterocycles. The topological polar surface area (TPSA) is 84.1 Å². The Labute approximate surface area is 158 Å². The Kier molecular flexibility index (Phi) is 5.85. The summed E-state index contributed by atoms with van der Waals surface area (Å²) >= 11 is 0. The van der Waals surface area contributed by atoms with E-state index in [1.54, 1.807) is 17.1 Å². The van der Waals surface area contributed by atoms with Crippen molar-refractivity contribution < 1.29 is 14.4 Å². The molecule has 3 rings (SSSR count). The van der Waals surface area contributed by atoms with Crippen LogP contribution in [-0.2, 0) is 9.53 Å². The van der Waals surface area contributed by atoms with E-state index in [4.69, 9.17) is 9.57 Å². The second kappa shape index (κ2) is 8.30. The number of carbonyl (C=O) groups excluding carboxylic acids is 1. The average molecular weight is 371 g/mol. The molecule has 3 aromatic rings. The van der Waals surface area contributed by atoms with Crippen LogP contribution < -0.4 is 4.84 Å². The molecule has 0 saturated carbocycles. The fraction of sp³-hybridized carbons (Fsp3) is 0.474. The van der Waals surface area contributed by atoms with Crippen LogP contribution >= 0.6 is 0 Å². The summed E-state index contributed by atoms with van der Waals surface area (Å²) in [5.74, 6) is -0.431. The smallest absolute Gasteiger partial charge is 0.335 e. The van der Waals surface area contributed by atoms with Crippen LogP contribution in [0.15, 0.2) is 31.0 Å². The number of rotatable bonds is 8. The molecule has 8 nitrogen and oxygen atoms in total. The van der Waals surface area contributed by atoms with E-state index in [-0.39, 0.29) is 18.1 Å². The number of ether oxygens (including phenoxy) is 1. The molecule has 2 unspecified atom stereocenters. The number of nitrogens with zero attached hydrogens (tertiary/aromatic N) is 5. The second-order valence-corrected chi connectivity index (χ2v) is 6.46. The molecular weight excluding hydrogens is 346 g/mol. The molecule has 0 saturated heterocycles. The van der Waals surface area contributed by atoms with E-state index in [9.17, 15) is 4.79 Å². The zero-order valence-corrected chi connectivity index (χ0v) is 16.1. The van der Waals surface area contributed by atoms with Gasteiger partial charge in [-0.1, -0.05) is 20.3 Å². The molecule has 0 fully saturated rings. The quantitative estimate of drug-likeness (QED) is 0.604. The summed E-state index contributed by atoms with van der Waals surface area (Å²) in [5, 5.41) is 5.14. The highest BCUT2D eigenvalue weighted by Crippen LogP contribution is 2.26. The summed E-state index contributed by atoms with van der Waals surface area (Å²) in [6, 6.07) is 1.84. The van der Waals surface area contributed by atoms with Crippen molar-refractivity contribution in [2.45, 2.75) is 46.8 Å². The van der Waals surface area contributed by atoms with Crippen LogP contribution in [0.3, 0.4) is 0 Å². The first kappa shape index (κ1) is 19.0. The SMILES string of the molecule is CCCC(C)C(=O)On1ccc2c(-c3cnn(C(C)OCC)c3)ncnc21. The van der Waals surface area contributed by atoms with Crippen LogP contribution in [0.2, 0.25) is 0 Å². The Morgan fingerprint density at radius 1 is 1.26 bits per heavy atom. The fourth-order valence-electron chi connectivity index (χ4n) is 2.95. The zero-order valence-electron chi connectivity index (χ0n) is 16.1. The van der Waals surface area contributed by atoms with Crippen molar-refractivity contribution in [2.24, 2.45) is 5.92 Å². The normalized spacial score (nSPS) is 13.6. The Morgan fingerprint density at radius 2 is 2.07 bits per heavy atom. The van der Waals surface area contributed by atoms with E-state index in [0.717, 1.165) is 29.5 Å². The van der Waals surface area contributed by atoms with Gasteiger partial charge in [-0.25, -0.2) is 19.4 Å². The van der Waals surface area contributed by atoms with Crippen LogP contribution in [0.1, 0.15) is 46.8 Å². The first-order chi connectivity index (χ1) is 13.0. The predicted octanol–water partition coefficient (Wildman–Crippen LogP) is 3.24. The summed E-state index contributed by atoms with van der Waals surface area (Å²) in [5.41, 5.74) is 2.12. The molecule has 0 aromatic carbocycles. The third-order valence-electron chi connectivity index (χ3n) is 4.42. The standard InChI is InChI=1S/C19H25N5O3/c1-5-7-13(3)19(25)27-24-9-8-16-17(20-12-21-18(16)24)15-10-22-23(11-15)14(4)26-6-2/h8-14H,5-7H2,1-4H3. The highest BCUT2D eigenvalue weighted by molar-refractivity contribution is 5.90. The van der Waals surface area contributed by atoms with Crippen molar-refractivity contribution in [2.75, 3.05) is 6.61 Å². The molecule has 0 amide bonds. The molecule has 27 heavy (non-hydrogen) atoms. The third kappa shape index (κ3) is 4.00. The fourth-order valence-corrected chi connectivity index (χ4v) is 2.95. The average Bonchev–Trinajstić information content (AvgIpc) is 3.30. The first-order valence-corrected chi connectivity index (χ1v) is 9.25. The Morgan fingerprint density at radius 3 is 2.81 bits per heavy atom. The highest BCUT2D eigenvalue weighted by atomic mass is 16.7. The molecule has 0 N–H and O–H groups in total. The van der Waals surface area contributed by atoms with Gasteiger partial charge in [0, 0.05) is 30.0 Å². The summed E-state index contributed by atoms with van der Waals surface area (Å²) in [6.07, 6.45) is 8.33. The molecule has 0 radical (unpaired) electrons. The molecule has 3 aromatic heterocycles. The molecule has 0 aliphatic heterocycles. The summed E-state index contributed by atoms with van der Waals surface area (Å²) in [4.78, 5) is 26.4. The lowest BCUT2D eigenvalue weighted by molar-refractivity contribution is -0.148. The number of hydrogen-bond donors (Lipinski definition) is 0. The van der Waals surface area contributed by atoms with Gasteiger partial charge in [-0.2, -0.15) is 9.83 Å². The van der Waals surface area contributed by atoms with Gasteiger partial charge in [-0.15, -0.1) is 0 Å². The van der Waals surface area contributed by atoms with Gasteiger partial charge in [0.05, 0.1) is 17.8 Å². The largest absolute Gasteiger partial charge is 0.357 e. The molecule has 0 aliphatic carbocycles. The van der Waals surface area contributed by atoms with Gasteiger partial charge < -0.3 is 9.57 Å². The minimum atomic E-state index is -0.270. The number of fused-ring (bicyclic) bond motifs is 1. The monoisotopic (exact) mass is 371 g/mol. The van der Waals surface area contributed by atoms with Crippen LogP contribution in [0.4, 0.5) is 0 Å². The number of hydrogen-bond acceptors (Lipinski definition) is 6. The highest BCUT2D eigenvalue weighted by Gasteiger charge is 2.18. The van der Waals surface area contributed by atoms with Crippen molar-refractivity contribution in [3.05, 3.63) is 31.0 Å². The lowest BCUT2D eigenvalue weighted by Crippen LogP contribution is -2.25. The molecule has 0 aliphatic rings. The molecular formula is C19H25N5O3. The maximum atomic E-state index is 12.2. The van der Waals surface area contributed by atoms with Gasteiger partial charge in [0.2, 0.25) is 0 Å². The van der Waals surface area contributed by atoms with Gasteiger partial charge in [0.1, 0.15) is 12.6 Å². The van der Waals surface area contributed by atoms with Crippen LogP contribution in [0.25, 0.3) is 22.3 Å². The van der Waals surface area contributed by atoms with E-state index in [1.807, 2.05) is 40.0 Å². The van der Waals surface area contributed by atoms with Crippen molar-refractivity contribution in [3.63, 3.8) is 0 Å². The van der Waals surface area contributed by atoms with Crippen LogP contribution in [-0.4, -0.2) is 37.1 Å². The molecule has 0 spiro atoms. The predicted molar refractivity (Wildman–Crippen MR) is 101 cm³/mol. The van der Waals surface area contributed by atoms with Crippen LogP contribution in [0.5, 0.6) is 0 Å². The number of aromatic nitrogens is 5. The molecule has 0 bridgehead atoms. The maximum Gasteiger partial charge on any atom is 0.335 e.